The summed E-state index contributed by atoms with van der Waals surface area (Å²) < 4.78 is 0. The molecule has 1 fully saturated rings. The molecule has 0 bridgehead atoms. The highest BCUT2D eigenvalue weighted by Crippen LogP contribution is 2.24. The second-order valence-corrected chi connectivity index (χ2v) is 4.25. The molecule has 2 rings (SSSR count). The molecule has 1 aliphatic rings. The largest absolute Gasteiger partial charge is 0.353 e. The van der Waals surface area contributed by atoms with Gasteiger partial charge in [-0.1, -0.05) is 23.2 Å². The number of hydrogen-bond donors (Lipinski definition) is 2. The minimum atomic E-state index is -0.352. The van der Waals surface area contributed by atoms with Gasteiger partial charge in [0.05, 0.1) is 0 Å². The van der Waals surface area contributed by atoms with E-state index in [4.69, 9.17) is 23.2 Å². The lowest BCUT2D eigenvalue weighted by Crippen LogP contribution is -2.47. The third kappa shape index (κ3) is 2.43. The minimum absolute atomic E-state index is 0.0421. The van der Waals surface area contributed by atoms with Crippen molar-refractivity contribution in [2.24, 2.45) is 0 Å². The standard InChI is InChI=1S/C10H10Cl2N2O/c11-7-3-6(4-8(12)5-7)9-10(15)14-2-1-13-9/h3-5,9,13H,1-2H2,(H,14,15). The Labute approximate surface area is 97.8 Å². The first kappa shape index (κ1) is 10.7. The molecular weight excluding hydrogens is 235 g/mol. The van der Waals surface area contributed by atoms with Gasteiger partial charge in [-0.05, 0) is 23.8 Å². The Balaban J connectivity index is 2.31. The zero-order valence-electron chi connectivity index (χ0n) is 7.89. The third-order valence-electron chi connectivity index (χ3n) is 2.25. The van der Waals surface area contributed by atoms with Gasteiger partial charge < -0.3 is 10.6 Å². The van der Waals surface area contributed by atoms with Crippen molar-refractivity contribution in [2.45, 2.75) is 6.04 Å². The van der Waals surface area contributed by atoms with Crippen molar-refractivity contribution in [2.75, 3.05) is 13.1 Å². The molecule has 2 N–H and O–H groups in total. The van der Waals surface area contributed by atoms with Gasteiger partial charge in [0.15, 0.2) is 0 Å². The monoisotopic (exact) mass is 244 g/mol. The van der Waals surface area contributed by atoms with Gasteiger partial charge in [0.25, 0.3) is 0 Å². The predicted octanol–water partition coefficient (Wildman–Crippen LogP) is 1.75. The van der Waals surface area contributed by atoms with Crippen LogP contribution in [0.15, 0.2) is 18.2 Å². The van der Waals surface area contributed by atoms with Gasteiger partial charge >= 0.3 is 0 Å². The topological polar surface area (TPSA) is 41.1 Å². The second-order valence-electron chi connectivity index (χ2n) is 3.38. The first-order chi connectivity index (χ1) is 7.16. The van der Waals surface area contributed by atoms with E-state index in [0.717, 1.165) is 12.1 Å². The lowest BCUT2D eigenvalue weighted by molar-refractivity contribution is -0.124. The maximum absolute atomic E-state index is 11.6. The van der Waals surface area contributed by atoms with E-state index in [2.05, 4.69) is 10.6 Å². The fraction of sp³-hybridized carbons (Fsp3) is 0.300. The minimum Gasteiger partial charge on any atom is -0.353 e. The predicted molar refractivity (Wildman–Crippen MR) is 60.2 cm³/mol. The van der Waals surface area contributed by atoms with Crippen molar-refractivity contribution >= 4 is 29.1 Å². The van der Waals surface area contributed by atoms with Gasteiger partial charge in [-0.15, -0.1) is 0 Å². The summed E-state index contributed by atoms with van der Waals surface area (Å²) in [7, 11) is 0. The summed E-state index contributed by atoms with van der Waals surface area (Å²) in [6, 6.07) is 4.79. The van der Waals surface area contributed by atoms with Crippen molar-refractivity contribution in [1.82, 2.24) is 10.6 Å². The molecule has 0 aromatic heterocycles. The van der Waals surface area contributed by atoms with Crippen LogP contribution in [0.2, 0.25) is 10.0 Å². The van der Waals surface area contributed by atoms with Crippen LogP contribution in [0.4, 0.5) is 0 Å². The highest BCUT2D eigenvalue weighted by Gasteiger charge is 2.23. The van der Waals surface area contributed by atoms with Crippen LogP contribution in [0.1, 0.15) is 11.6 Å². The highest BCUT2D eigenvalue weighted by molar-refractivity contribution is 6.34. The molecule has 0 spiro atoms. The van der Waals surface area contributed by atoms with Crippen LogP contribution in [-0.4, -0.2) is 19.0 Å². The lowest BCUT2D eigenvalue weighted by atomic mass is 10.0. The van der Waals surface area contributed by atoms with E-state index < -0.39 is 0 Å². The summed E-state index contributed by atoms with van der Waals surface area (Å²) in [5.41, 5.74) is 0.796. The number of hydrogen-bond acceptors (Lipinski definition) is 2. The first-order valence-electron chi connectivity index (χ1n) is 4.64. The van der Waals surface area contributed by atoms with E-state index in [9.17, 15) is 4.79 Å². The molecule has 1 aromatic rings. The summed E-state index contributed by atoms with van der Waals surface area (Å²) in [4.78, 5) is 11.6. The summed E-state index contributed by atoms with van der Waals surface area (Å²) in [6.07, 6.45) is 0. The maximum atomic E-state index is 11.6. The van der Waals surface area contributed by atoms with E-state index in [1.165, 1.54) is 0 Å². The molecule has 1 atom stereocenters. The Kier molecular flexibility index (Phi) is 3.14. The number of halogens is 2. The Morgan fingerprint density at radius 2 is 1.80 bits per heavy atom. The van der Waals surface area contributed by atoms with Gasteiger partial charge in [-0.25, -0.2) is 0 Å². The van der Waals surface area contributed by atoms with Crippen LogP contribution in [0, 0.1) is 0 Å². The molecule has 80 valence electrons. The molecule has 1 aliphatic heterocycles. The summed E-state index contributed by atoms with van der Waals surface area (Å²) in [6.45, 7) is 1.41. The molecule has 5 heteroatoms. The molecule has 1 heterocycles. The average Bonchev–Trinajstić information content (AvgIpc) is 2.16. The van der Waals surface area contributed by atoms with E-state index in [-0.39, 0.29) is 11.9 Å². The van der Waals surface area contributed by atoms with Gasteiger partial charge in [0, 0.05) is 23.1 Å². The number of rotatable bonds is 1. The molecule has 3 nitrogen and oxygen atoms in total. The average molecular weight is 245 g/mol. The number of nitrogens with one attached hydrogen (secondary N) is 2. The first-order valence-corrected chi connectivity index (χ1v) is 5.39. The Morgan fingerprint density at radius 1 is 1.13 bits per heavy atom. The van der Waals surface area contributed by atoms with Crippen LogP contribution < -0.4 is 10.6 Å². The highest BCUT2D eigenvalue weighted by atomic mass is 35.5. The van der Waals surface area contributed by atoms with Crippen molar-refractivity contribution < 1.29 is 4.79 Å². The van der Waals surface area contributed by atoms with E-state index in [0.29, 0.717) is 16.6 Å². The molecule has 0 aliphatic carbocycles. The number of amides is 1. The molecular formula is C10H10Cl2N2O. The number of benzene rings is 1. The van der Waals surface area contributed by atoms with Crippen molar-refractivity contribution in [3.05, 3.63) is 33.8 Å². The second kappa shape index (κ2) is 4.39. The summed E-state index contributed by atoms with van der Waals surface area (Å²) in [5, 5.41) is 6.97. The molecule has 0 radical (unpaired) electrons. The van der Waals surface area contributed by atoms with Crippen molar-refractivity contribution in [3.63, 3.8) is 0 Å². The normalized spacial score (nSPS) is 21.2. The zero-order valence-corrected chi connectivity index (χ0v) is 9.40. The van der Waals surface area contributed by atoms with Crippen molar-refractivity contribution in [3.8, 4) is 0 Å². The van der Waals surface area contributed by atoms with Gasteiger partial charge in [-0.2, -0.15) is 0 Å². The quantitative estimate of drug-likeness (QED) is 0.791. The van der Waals surface area contributed by atoms with Gasteiger partial charge in [-0.3, -0.25) is 4.79 Å². The summed E-state index contributed by atoms with van der Waals surface area (Å²) in [5.74, 6) is -0.0421. The van der Waals surface area contributed by atoms with Crippen LogP contribution in [0.25, 0.3) is 0 Å². The molecule has 15 heavy (non-hydrogen) atoms. The summed E-state index contributed by atoms with van der Waals surface area (Å²) >= 11 is 11.7. The molecule has 1 unspecified atom stereocenters. The van der Waals surface area contributed by atoms with Crippen molar-refractivity contribution in [1.29, 1.82) is 0 Å². The van der Waals surface area contributed by atoms with Gasteiger partial charge in [0.1, 0.15) is 6.04 Å². The number of carbonyl (C=O) groups excluding carboxylic acids is 1. The molecule has 0 saturated carbocycles. The Morgan fingerprint density at radius 3 is 2.40 bits per heavy atom. The van der Waals surface area contributed by atoms with Crippen LogP contribution in [-0.2, 0) is 4.79 Å². The molecule has 1 amide bonds. The smallest absolute Gasteiger partial charge is 0.241 e. The SMILES string of the molecule is O=C1NCCNC1c1cc(Cl)cc(Cl)c1. The zero-order chi connectivity index (χ0) is 10.8. The van der Waals surface area contributed by atoms with E-state index in [1.54, 1.807) is 18.2 Å². The molecule has 1 saturated heterocycles. The Hall–Kier alpha value is -0.770. The van der Waals surface area contributed by atoms with E-state index in [1.807, 2.05) is 0 Å². The molecule has 1 aromatic carbocycles. The fourth-order valence-corrected chi connectivity index (χ4v) is 2.15. The maximum Gasteiger partial charge on any atom is 0.241 e. The lowest BCUT2D eigenvalue weighted by Gasteiger charge is -2.24. The fourth-order valence-electron chi connectivity index (χ4n) is 1.61. The van der Waals surface area contributed by atoms with Gasteiger partial charge in [0.2, 0.25) is 5.91 Å². The van der Waals surface area contributed by atoms with Crippen LogP contribution in [0.3, 0.4) is 0 Å². The van der Waals surface area contributed by atoms with Crippen LogP contribution >= 0.6 is 23.2 Å². The number of carbonyl (C=O) groups is 1. The van der Waals surface area contributed by atoms with E-state index >= 15 is 0 Å². The third-order valence-corrected chi connectivity index (χ3v) is 2.69. The van der Waals surface area contributed by atoms with Crippen LogP contribution in [0.5, 0.6) is 0 Å². The Bertz CT molecular complexity index is 375. The number of piperazine rings is 1.